The molecule has 2 rings (SSSR count). The van der Waals surface area contributed by atoms with E-state index < -0.39 is 0 Å². The number of hydrogen-bond acceptors (Lipinski definition) is 3. The molecule has 1 saturated carbocycles. The Morgan fingerprint density at radius 3 is 2.95 bits per heavy atom. The number of benzene rings is 1. The SMILES string of the molecule is CC1CCCC(NC(=O)CCOc2ccccc2N)C1. The summed E-state index contributed by atoms with van der Waals surface area (Å²) >= 11 is 0. The van der Waals surface area contributed by atoms with E-state index >= 15 is 0 Å². The van der Waals surface area contributed by atoms with Gasteiger partial charge in [0.2, 0.25) is 5.91 Å². The van der Waals surface area contributed by atoms with Crippen LogP contribution in [0.2, 0.25) is 0 Å². The average Bonchev–Trinajstić information content (AvgIpc) is 2.41. The quantitative estimate of drug-likeness (QED) is 0.813. The molecule has 0 bridgehead atoms. The van der Waals surface area contributed by atoms with E-state index in [1.807, 2.05) is 18.2 Å². The summed E-state index contributed by atoms with van der Waals surface area (Å²) in [4.78, 5) is 11.9. The number of rotatable bonds is 5. The van der Waals surface area contributed by atoms with Crippen LogP contribution in [-0.4, -0.2) is 18.6 Å². The Morgan fingerprint density at radius 2 is 2.20 bits per heavy atom. The Bertz CT molecular complexity index is 448. The van der Waals surface area contributed by atoms with Gasteiger partial charge in [-0.2, -0.15) is 0 Å². The van der Waals surface area contributed by atoms with Crippen molar-refractivity contribution in [2.45, 2.75) is 45.1 Å². The Hall–Kier alpha value is -1.71. The minimum Gasteiger partial charge on any atom is -0.491 e. The van der Waals surface area contributed by atoms with Crippen LogP contribution >= 0.6 is 0 Å². The number of ether oxygens (including phenoxy) is 1. The number of carbonyl (C=O) groups is 1. The van der Waals surface area contributed by atoms with Crippen LogP contribution in [0, 0.1) is 5.92 Å². The molecule has 0 heterocycles. The lowest BCUT2D eigenvalue weighted by Crippen LogP contribution is -2.38. The van der Waals surface area contributed by atoms with Gasteiger partial charge < -0.3 is 15.8 Å². The fourth-order valence-electron chi connectivity index (χ4n) is 2.73. The van der Waals surface area contributed by atoms with E-state index in [0.29, 0.717) is 30.5 Å². The number of nitrogen functional groups attached to an aromatic ring is 1. The van der Waals surface area contributed by atoms with Gasteiger partial charge in [0.15, 0.2) is 0 Å². The molecule has 3 N–H and O–H groups in total. The number of carbonyl (C=O) groups excluding carboxylic acids is 1. The number of nitrogens with two attached hydrogens (primary N) is 1. The smallest absolute Gasteiger partial charge is 0.223 e. The van der Waals surface area contributed by atoms with Crippen LogP contribution in [0.4, 0.5) is 5.69 Å². The third kappa shape index (κ3) is 4.44. The van der Waals surface area contributed by atoms with Crippen LogP contribution in [0.5, 0.6) is 5.75 Å². The van der Waals surface area contributed by atoms with E-state index in [1.54, 1.807) is 6.07 Å². The summed E-state index contributed by atoms with van der Waals surface area (Å²) in [5.41, 5.74) is 6.38. The monoisotopic (exact) mass is 276 g/mol. The highest BCUT2D eigenvalue weighted by atomic mass is 16.5. The predicted molar refractivity (Wildman–Crippen MR) is 80.5 cm³/mol. The highest BCUT2D eigenvalue weighted by Crippen LogP contribution is 2.23. The van der Waals surface area contributed by atoms with Crippen LogP contribution in [0.25, 0.3) is 0 Å². The van der Waals surface area contributed by atoms with Crippen molar-refractivity contribution in [2.24, 2.45) is 5.92 Å². The lowest BCUT2D eigenvalue weighted by molar-refractivity contribution is -0.122. The normalized spacial score (nSPS) is 22.2. The molecule has 1 aromatic rings. The second-order valence-corrected chi connectivity index (χ2v) is 5.67. The molecule has 4 nitrogen and oxygen atoms in total. The third-order valence-electron chi connectivity index (χ3n) is 3.81. The number of nitrogens with one attached hydrogen (secondary N) is 1. The fourth-order valence-corrected chi connectivity index (χ4v) is 2.73. The highest BCUT2D eigenvalue weighted by Gasteiger charge is 2.20. The zero-order chi connectivity index (χ0) is 14.4. The van der Waals surface area contributed by atoms with Crippen LogP contribution < -0.4 is 15.8 Å². The summed E-state index contributed by atoms with van der Waals surface area (Å²) in [7, 11) is 0. The molecular formula is C16H24N2O2. The Kier molecular flexibility index (Phi) is 5.27. The molecule has 110 valence electrons. The van der Waals surface area contributed by atoms with E-state index in [1.165, 1.54) is 12.8 Å². The molecule has 4 heteroatoms. The highest BCUT2D eigenvalue weighted by molar-refractivity contribution is 5.76. The second kappa shape index (κ2) is 7.17. The van der Waals surface area contributed by atoms with Gasteiger partial charge in [0, 0.05) is 6.04 Å². The Labute approximate surface area is 120 Å². The van der Waals surface area contributed by atoms with Gasteiger partial charge in [-0.25, -0.2) is 0 Å². The van der Waals surface area contributed by atoms with Crippen molar-refractivity contribution in [3.05, 3.63) is 24.3 Å². The Morgan fingerprint density at radius 1 is 1.40 bits per heavy atom. The topological polar surface area (TPSA) is 64.3 Å². The van der Waals surface area contributed by atoms with Crippen molar-refractivity contribution < 1.29 is 9.53 Å². The summed E-state index contributed by atoms with van der Waals surface area (Å²) in [6.45, 7) is 2.61. The maximum absolute atomic E-state index is 11.9. The maximum atomic E-state index is 11.9. The molecule has 1 fully saturated rings. The molecule has 1 aliphatic rings. The summed E-state index contributed by atoms with van der Waals surface area (Å²) in [6, 6.07) is 7.68. The summed E-state index contributed by atoms with van der Waals surface area (Å²) in [5, 5.41) is 3.10. The maximum Gasteiger partial charge on any atom is 0.223 e. The van der Waals surface area contributed by atoms with Crippen LogP contribution in [0.15, 0.2) is 24.3 Å². The van der Waals surface area contributed by atoms with Gasteiger partial charge >= 0.3 is 0 Å². The number of para-hydroxylation sites is 2. The number of hydrogen-bond donors (Lipinski definition) is 2. The van der Waals surface area contributed by atoms with Gasteiger partial charge in [-0.05, 0) is 30.9 Å². The summed E-state index contributed by atoms with van der Waals surface area (Å²) < 4.78 is 5.53. The molecule has 0 aliphatic heterocycles. The lowest BCUT2D eigenvalue weighted by atomic mass is 9.87. The Balaban J connectivity index is 1.69. The molecule has 2 atom stereocenters. The third-order valence-corrected chi connectivity index (χ3v) is 3.81. The van der Waals surface area contributed by atoms with Crippen LogP contribution in [0.3, 0.4) is 0 Å². The first kappa shape index (κ1) is 14.7. The first-order valence-corrected chi connectivity index (χ1v) is 7.42. The first-order valence-electron chi connectivity index (χ1n) is 7.42. The molecule has 1 aliphatic carbocycles. The summed E-state index contributed by atoms with van der Waals surface area (Å²) in [6.07, 6.45) is 5.06. The molecule has 20 heavy (non-hydrogen) atoms. The number of amides is 1. The predicted octanol–water partition coefficient (Wildman–Crippen LogP) is 2.73. The van der Waals surface area contributed by atoms with Crippen molar-refractivity contribution in [3.8, 4) is 5.75 Å². The minimum absolute atomic E-state index is 0.0682. The van der Waals surface area contributed by atoms with E-state index in [4.69, 9.17) is 10.5 Å². The van der Waals surface area contributed by atoms with Gasteiger partial charge in [-0.15, -0.1) is 0 Å². The zero-order valence-electron chi connectivity index (χ0n) is 12.1. The lowest BCUT2D eigenvalue weighted by Gasteiger charge is -2.27. The van der Waals surface area contributed by atoms with E-state index in [2.05, 4.69) is 12.2 Å². The van der Waals surface area contributed by atoms with Crippen molar-refractivity contribution in [3.63, 3.8) is 0 Å². The molecule has 0 aromatic heterocycles. The minimum atomic E-state index is 0.0682. The largest absolute Gasteiger partial charge is 0.491 e. The van der Waals surface area contributed by atoms with Gasteiger partial charge in [-0.3, -0.25) is 4.79 Å². The fraction of sp³-hybridized carbons (Fsp3) is 0.562. The summed E-state index contributed by atoms with van der Waals surface area (Å²) in [5.74, 6) is 1.43. The van der Waals surface area contributed by atoms with E-state index in [-0.39, 0.29) is 5.91 Å². The van der Waals surface area contributed by atoms with E-state index in [0.717, 1.165) is 18.8 Å². The molecule has 1 amide bonds. The van der Waals surface area contributed by atoms with Crippen LogP contribution in [-0.2, 0) is 4.79 Å². The molecule has 2 unspecified atom stereocenters. The zero-order valence-corrected chi connectivity index (χ0v) is 12.1. The number of anilines is 1. The van der Waals surface area contributed by atoms with Crippen molar-refractivity contribution >= 4 is 11.6 Å². The standard InChI is InChI=1S/C16H24N2O2/c1-12-5-4-6-13(11-12)18-16(19)9-10-20-15-8-3-2-7-14(15)17/h2-3,7-8,12-13H,4-6,9-11,17H2,1H3,(H,18,19). The van der Waals surface area contributed by atoms with Crippen molar-refractivity contribution in [1.82, 2.24) is 5.32 Å². The average molecular weight is 276 g/mol. The second-order valence-electron chi connectivity index (χ2n) is 5.67. The first-order chi connectivity index (χ1) is 9.65. The van der Waals surface area contributed by atoms with E-state index in [9.17, 15) is 4.79 Å². The van der Waals surface area contributed by atoms with Crippen molar-refractivity contribution in [2.75, 3.05) is 12.3 Å². The van der Waals surface area contributed by atoms with Crippen molar-refractivity contribution in [1.29, 1.82) is 0 Å². The molecule has 1 aromatic carbocycles. The molecular weight excluding hydrogens is 252 g/mol. The van der Waals surface area contributed by atoms with Crippen LogP contribution in [0.1, 0.15) is 39.0 Å². The van der Waals surface area contributed by atoms with Gasteiger partial charge in [0.1, 0.15) is 5.75 Å². The van der Waals surface area contributed by atoms with Gasteiger partial charge in [0.05, 0.1) is 18.7 Å². The molecule has 0 spiro atoms. The molecule has 0 saturated heterocycles. The molecule has 0 radical (unpaired) electrons. The van der Waals surface area contributed by atoms with Gasteiger partial charge in [-0.1, -0.05) is 31.9 Å². The van der Waals surface area contributed by atoms with Gasteiger partial charge in [0.25, 0.3) is 0 Å².